The Labute approximate surface area is 125 Å². The number of anilines is 1. The van der Waals surface area contributed by atoms with Crippen LogP contribution in [0.15, 0.2) is 0 Å². The number of rotatable bonds is 3. The van der Waals surface area contributed by atoms with Crippen molar-refractivity contribution < 1.29 is 14.4 Å². The van der Waals surface area contributed by atoms with Gasteiger partial charge in [-0.25, -0.2) is 0 Å². The van der Waals surface area contributed by atoms with Crippen LogP contribution in [0.25, 0.3) is 0 Å². The van der Waals surface area contributed by atoms with E-state index in [-0.39, 0.29) is 30.2 Å². The Morgan fingerprint density at radius 2 is 1.86 bits per heavy atom. The summed E-state index contributed by atoms with van der Waals surface area (Å²) in [6.45, 7) is 1.55. The van der Waals surface area contributed by atoms with Crippen molar-refractivity contribution in [3.05, 3.63) is 5.01 Å². The highest BCUT2D eigenvalue weighted by molar-refractivity contribution is 7.15. The molecule has 2 atom stereocenters. The molecule has 8 heteroatoms. The summed E-state index contributed by atoms with van der Waals surface area (Å²) in [5.74, 6) is -1.25. The summed E-state index contributed by atoms with van der Waals surface area (Å²) in [5.41, 5.74) is 0. The topological polar surface area (TPSA) is 92.3 Å². The molecular weight excluding hydrogens is 292 g/mol. The lowest BCUT2D eigenvalue weighted by Gasteiger charge is -2.19. The first-order chi connectivity index (χ1) is 10.1. The number of nitrogens with zero attached hydrogens (tertiary/aromatic N) is 3. The maximum Gasteiger partial charge on any atom is 0.246 e. The van der Waals surface area contributed by atoms with Gasteiger partial charge in [-0.15, -0.1) is 10.2 Å². The molecule has 112 valence electrons. The van der Waals surface area contributed by atoms with Crippen molar-refractivity contribution in [2.75, 3.05) is 11.9 Å². The van der Waals surface area contributed by atoms with Crippen LogP contribution in [0, 0.1) is 18.8 Å². The van der Waals surface area contributed by atoms with Crippen LogP contribution in [0.4, 0.5) is 5.13 Å². The second-order valence-electron chi connectivity index (χ2n) is 5.43. The standard InChI is InChI=1S/C13H16N4O3S/c1-7-15-16-13(21-7)14-10(18)6-17-11(19)8-4-2-3-5-9(8)12(17)20/h8-9H,2-6H2,1H3,(H,14,16,18). The van der Waals surface area contributed by atoms with Gasteiger partial charge in [0.05, 0.1) is 11.8 Å². The first kappa shape index (κ1) is 14.1. The lowest BCUT2D eigenvalue weighted by Crippen LogP contribution is -2.38. The van der Waals surface area contributed by atoms with E-state index in [0.717, 1.165) is 35.6 Å². The van der Waals surface area contributed by atoms with Gasteiger partial charge in [-0.3, -0.25) is 24.6 Å². The molecule has 0 bridgehead atoms. The molecule has 0 spiro atoms. The number of likely N-dealkylation sites (tertiary alicyclic amines) is 1. The van der Waals surface area contributed by atoms with Crippen LogP contribution in [0.3, 0.4) is 0 Å². The molecule has 1 aromatic rings. The van der Waals surface area contributed by atoms with Gasteiger partial charge in [-0.05, 0) is 19.8 Å². The highest BCUT2D eigenvalue weighted by atomic mass is 32.1. The van der Waals surface area contributed by atoms with E-state index in [1.807, 2.05) is 0 Å². The van der Waals surface area contributed by atoms with Gasteiger partial charge in [0.2, 0.25) is 22.9 Å². The molecule has 3 rings (SSSR count). The van der Waals surface area contributed by atoms with Gasteiger partial charge in [0, 0.05) is 0 Å². The Morgan fingerprint density at radius 1 is 1.24 bits per heavy atom. The molecule has 1 aliphatic heterocycles. The van der Waals surface area contributed by atoms with Gasteiger partial charge in [-0.2, -0.15) is 0 Å². The average Bonchev–Trinajstić information content (AvgIpc) is 2.97. The third-order valence-corrected chi connectivity index (χ3v) is 4.76. The van der Waals surface area contributed by atoms with Gasteiger partial charge >= 0.3 is 0 Å². The number of aromatic nitrogens is 2. The van der Waals surface area contributed by atoms with Crippen molar-refractivity contribution in [3.8, 4) is 0 Å². The minimum Gasteiger partial charge on any atom is -0.299 e. The molecule has 2 fully saturated rings. The number of hydrogen-bond donors (Lipinski definition) is 1. The molecular formula is C13H16N4O3S. The summed E-state index contributed by atoms with van der Waals surface area (Å²) in [7, 11) is 0. The van der Waals surface area contributed by atoms with E-state index < -0.39 is 5.91 Å². The summed E-state index contributed by atoms with van der Waals surface area (Å²) in [5, 5.41) is 11.3. The molecule has 1 saturated carbocycles. The minimum atomic E-state index is -0.411. The Morgan fingerprint density at radius 3 is 2.38 bits per heavy atom. The van der Waals surface area contributed by atoms with Gasteiger partial charge < -0.3 is 0 Å². The number of amides is 3. The predicted octanol–water partition coefficient (Wildman–Crippen LogP) is 0.960. The highest BCUT2D eigenvalue weighted by Gasteiger charge is 2.48. The lowest BCUT2D eigenvalue weighted by atomic mass is 9.81. The van der Waals surface area contributed by atoms with Crippen molar-refractivity contribution in [3.63, 3.8) is 0 Å². The van der Waals surface area contributed by atoms with Crippen LogP contribution in [-0.2, 0) is 14.4 Å². The number of carbonyl (C=O) groups excluding carboxylic acids is 3. The normalized spacial score (nSPS) is 25.1. The first-order valence-corrected chi connectivity index (χ1v) is 7.83. The first-order valence-electron chi connectivity index (χ1n) is 7.01. The Bertz CT molecular complexity index is 576. The number of hydrogen-bond acceptors (Lipinski definition) is 6. The van der Waals surface area contributed by atoms with E-state index in [2.05, 4.69) is 15.5 Å². The second-order valence-corrected chi connectivity index (χ2v) is 6.62. The molecule has 2 unspecified atom stereocenters. The number of nitrogens with one attached hydrogen (secondary N) is 1. The summed E-state index contributed by atoms with van der Waals surface area (Å²) < 4.78 is 0. The molecule has 2 heterocycles. The van der Waals surface area contributed by atoms with E-state index in [9.17, 15) is 14.4 Å². The van der Waals surface area contributed by atoms with Crippen LogP contribution in [0.2, 0.25) is 0 Å². The van der Waals surface area contributed by atoms with Crippen molar-refractivity contribution in [1.82, 2.24) is 15.1 Å². The maximum absolute atomic E-state index is 12.2. The third kappa shape index (κ3) is 2.67. The quantitative estimate of drug-likeness (QED) is 0.840. The van der Waals surface area contributed by atoms with E-state index in [4.69, 9.17) is 0 Å². The molecule has 7 nitrogen and oxygen atoms in total. The third-order valence-electron chi connectivity index (χ3n) is 4.01. The fourth-order valence-corrected chi connectivity index (χ4v) is 3.64. The van der Waals surface area contributed by atoms with Crippen LogP contribution in [0.5, 0.6) is 0 Å². The number of carbonyl (C=O) groups is 3. The summed E-state index contributed by atoms with van der Waals surface area (Å²) in [6, 6.07) is 0. The number of aryl methyl sites for hydroxylation is 1. The number of imide groups is 1. The molecule has 1 aliphatic carbocycles. The molecule has 1 saturated heterocycles. The predicted molar refractivity (Wildman–Crippen MR) is 75.4 cm³/mol. The zero-order valence-corrected chi connectivity index (χ0v) is 12.5. The molecule has 0 aromatic carbocycles. The fraction of sp³-hybridized carbons (Fsp3) is 0.615. The zero-order valence-electron chi connectivity index (χ0n) is 11.7. The zero-order chi connectivity index (χ0) is 15.0. The van der Waals surface area contributed by atoms with Gasteiger partial charge in [0.1, 0.15) is 11.6 Å². The fourth-order valence-electron chi connectivity index (χ4n) is 3.04. The van der Waals surface area contributed by atoms with Gasteiger partial charge in [0.15, 0.2) is 0 Å². The Balaban J connectivity index is 1.65. The molecule has 1 aromatic heterocycles. The van der Waals surface area contributed by atoms with E-state index in [0.29, 0.717) is 5.13 Å². The maximum atomic E-state index is 12.2. The van der Waals surface area contributed by atoms with Crippen molar-refractivity contribution >= 4 is 34.2 Å². The molecule has 0 radical (unpaired) electrons. The van der Waals surface area contributed by atoms with Crippen LogP contribution >= 0.6 is 11.3 Å². The van der Waals surface area contributed by atoms with Crippen molar-refractivity contribution in [2.24, 2.45) is 11.8 Å². The Hall–Kier alpha value is -1.83. The van der Waals surface area contributed by atoms with Crippen LogP contribution < -0.4 is 5.32 Å². The van der Waals surface area contributed by atoms with E-state index in [1.54, 1.807) is 6.92 Å². The van der Waals surface area contributed by atoms with Gasteiger partial charge in [-0.1, -0.05) is 24.2 Å². The molecule has 1 N–H and O–H groups in total. The lowest BCUT2D eigenvalue weighted by molar-refractivity contribution is -0.142. The highest BCUT2D eigenvalue weighted by Crippen LogP contribution is 2.37. The number of fused-ring (bicyclic) bond motifs is 1. The molecule has 3 amide bonds. The largest absolute Gasteiger partial charge is 0.299 e. The summed E-state index contributed by atoms with van der Waals surface area (Å²) in [6.07, 6.45) is 3.46. The van der Waals surface area contributed by atoms with Crippen molar-refractivity contribution in [2.45, 2.75) is 32.6 Å². The summed E-state index contributed by atoms with van der Waals surface area (Å²) in [4.78, 5) is 37.5. The van der Waals surface area contributed by atoms with Gasteiger partial charge in [0.25, 0.3) is 0 Å². The SMILES string of the molecule is Cc1nnc(NC(=O)CN2C(=O)C3CCCCC3C2=O)s1. The minimum absolute atomic E-state index is 0.201. The Kier molecular flexibility index (Phi) is 3.71. The molecule has 2 aliphatic rings. The van der Waals surface area contributed by atoms with Crippen molar-refractivity contribution in [1.29, 1.82) is 0 Å². The smallest absolute Gasteiger partial charge is 0.246 e. The van der Waals surface area contributed by atoms with E-state index >= 15 is 0 Å². The molecule has 21 heavy (non-hydrogen) atoms. The average molecular weight is 308 g/mol. The van der Waals surface area contributed by atoms with Crippen LogP contribution in [-0.4, -0.2) is 39.4 Å². The second kappa shape index (κ2) is 5.51. The monoisotopic (exact) mass is 308 g/mol. The summed E-state index contributed by atoms with van der Waals surface area (Å²) >= 11 is 1.25. The van der Waals surface area contributed by atoms with E-state index in [1.165, 1.54) is 11.3 Å². The van der Waals surface area contributed by atoms with Crippen LogP contribution in [0.1, 0.15) is 30.7 Å².